The van der Waals surface area contributed by atoms with Crippen LogP contribution >= 0.6 is 0 Å². The van der Waals surface area contributed by atoms with Crippen molar-refractivity contribution in [3.8, 4) is 6.07 Å². The topological polar surface area (TPSA) is 45.0 Å². The van der Waals surface area contributed by atoms with E-state index in [9.17, 15) is 5.26 Å². The van der Waals surface area contributed by atoms with Crippen molar-refractivity contribution in [1.29, 1.82) is 5.26 Å². The molecule has 3 heteroatoms. The molecule has 0 amide bonds. The molecule has 92 valence electrons. The molecule has 0 heterocycles. The molecule has 0 fully saturated rings. The first kappa shape index (κ1) is 13.7. The molecule has 1 aromatic rings. The van der Waals surface area contributed by atoms with Gasteiger partial charge >= 0.3 is 0 Å². The van der Waals surface area contributed by atoms with Crippen LogP contribution < -0.4 is 5.32 Å². The van der Waals surface area contributed by atoms with E-state index in [-0.39, 0.29) is 0 Å². The SMILES string of the molecule is CCCOCCC(C#N)(NC)c1ccccc1. The Morgan fingerprint density at radius 3 is 2.53 bits per heavy atom. The van der Waals surface area contributed by atoms with Crippen LogP contribution in [0.2, 0.25) is 0 Å². The number of benzene rings is 1. The summed E-state index contributed by atoms with van der Waals surface area (Å²) in [5.74, 6) is 0. The monoisotopic (exact) mass is 232 g/mol. The summed E-state index contributed by atoms with van der Waals surface area (Å²) in [6, 6.07) is 12.2. The average Bonchev–Trinajstić information content (AvgIpc) is 2.41. The third kappa shape index (κ3) is 3.55. The molecule has 3 nitrogen and oxygen atoms in total. The van der Waals surface area contributed by atoms with Crippen molar-refractivity contribution in [3.05, 3.63) is 35.9 Å². The van der Waals surface area contributed by atoms with Crippen molar-refractivity contribution in [2.75, 3.05) is 20.3 Å². The first-order valence-corrected chi connectivity index (χ1v) is 6.02. The fourth-order valence-electron chi connectivity index (χ4n) is 1.78. The van der Waals surface area contributed by atoms with Gasteiger partial charge in [-0.3, -0.25) is 5.32 Å². The Morgan fingerprint density at radius 1 is 1.29 bits per heavy atom. The van der Waals surface area contributed by atoms with Crippen LogP contribution in [0.4, 0.5) is 0 Å². The maximum atomic E-state index is 9.42. The van der Waals surface area contributed by atoms with E-state index < -0.39 is 5.54 Å². The first-order valence-electron chi connectivity index (χ1n) is 6.02. The van der Waals surface area contributed by atoms with E-state index in [2.05, 4.69) is 18.3 Å². The highest BCUT2D eigenvalue weighted by Gasteiger charge is 2.29. The molecule has 0 spiro atoms. The minimum Gasteiger partial charge on any atom is -0.381 e. The molecule has 0 aliphatic carbocycles. The van der Waals surface area contributed by atoms with E-state index in [1.807, 2.05) is 37.4 Å². The summed E-state index contributed by atoms with van der Waals surface area (Å²) in [6.07, 6.45) is 1.66. The lowest BCUT2D eigenvalue weighted by atomic mass is 9.88. The maximum absolute atomic E-state index is 9.42. The molecule has 17 heavy (non-hydrogen) atoms. The largest absolute Gasteiger partial charge is 0.381 e. The van der Waals surface area contributed by atoms with Crippen LogP contribution in [0, 0.1) is 11.3 Å². The lowest BCUT2D eigenvalue weighted by Gasteiger charge is -2.26. The van der Waals surface area contributed by atoms with E-state index in [4.69, 9.17) is 4.74 Å². The van der Waals surface area contributed by atoms with Crippen LogP contribution in [0.15, 0.2) is 30.3 Å². The normalized spacial score (nSPS) is 13.9. The molecule has 1 unspecified atom stereocenters. The van der Waals surface area contributed by atoms with Gasteiger partial charge in [0.05, 0.1) is 6.07 Å². The Kier molecular flexibility index (Phi) is 5.68. The second kappa shape index (κ2) is 7.05. The standard InChI is InChI=1S/C14H20N2O/c1-3-10-17-11-9-14(12-15,16-2)13-7-5-4-6-8-13/h4-8,16H,3,9-11H2,1-2H3. The summed E-state index contributed by atoms with van der Waals surface area (Å²) in [6.45, 7) is 3.42. The minimum absolute atomic E-state index is 0.594. The van der Waals surface area contributed by atoms with Crippen molar-refractivity contribution < 1.29 is 4.74 Å². The van der Waals surface area contributed by atoms with Crippen LogP contribution in [-0.2, 0) is 10.3 Å². The average molecular weight is 232 g/mol. The van der Waals surface area contributed by atoms with Gasteiger partial charge in [-0.2, -0.15) is 5.26 Å². The summed E-state index contributed by atoms with van der Waals surface area (Å²) in [5.41, 5.74) is 0.347. The molecule has 0 saturated carbocycles. The fraction of sp³-hybridized carbons (Fsp3) is 0.500. The second-order valence-electron chi connectivity index (χ2n) is 4.00. The van der Waals surface area contributed by atoms with Crippen LogP contribution in [-0.4, -0.2) is 20.3 Å². The summed E-state index contributed by atoms with van der Waals surface area (Å²) < 4.78 is 5.47. The third-order valence-corrected chi connectivity index (χ3v) is 2.85. The molecule has 1 aromatic carbocycles. The fourth-order valence-corrected chi connectivity index (χ4v) is 1.78. The van der Waals surface area contributed by atoms with Gasteiger partial charge in [0, 0.05) is 19.6 Å². The highest BCUT2D eigenvalue weighted by molar-refractivity contribution is 5.31. The van der Waals surface area contributed by atoms with Gasteiger partial charge in [-0.25, -0.2) is 0 Å². The van der Waals surface area contributed by atoms with E-state index in [0.717, 1.165) is 18.6 Å². The number of nitrogens with one attached hydrogen (secondary N) is 1. The predicted octanol–water partition coefficient (Wildman–Crippen LogP) is 2.44. The van der Waals surface area contributed by atoms with Gasteiger partial charge < -0.3 is 4.74 Å². The van der Waals surface area contributed by atoms with E-state index in [1.54, 1.807) is 0 Å². The highest BCUT2D eigenvalue weighted by Crippen LogP contribution is 2.23. The van der Waals surface area contributed by atoms with Gasteiger partial charge in [0.25, 0.3) is 0 Å². The van der Waals surface area contributed by atoms with Gasteiger partial charge in [-0.1, -0.05) is 37.3 Å². The van der Waals surface area contributed by atoms with Gasteiger partial charge in [0.15, 0.2) is 0 Å². The molecular weight excluding hydrogens is 212 g/mol. The highest BCUT2D eigenvalue weighted by atomic mass is 16.5. The van der Waals surface area contributed by atoms with Crippen LogP contribution in [0.1, 0.15) is 25.3 Å². The third-order valence-electron chi connectivity index (χ3n) is 2.85. The molecule has 0 radical (unpaired) electrons. The zero-order chi connectivity index (χ0) is 12.6. The summed E-state index contributed by atoms with van der Waals surface area (Å²) in [5, 5.41) is 12.5. The Balaban J connectivity index is 2.73. The van der Waals surface area contributed by atoms with Crippen LogP contribution in [0.5, 0.6) is 0 Å². The zero-order valence-corrected chi connectivity index (χ0v) is 10.6. The molecule has 0 aromatic heterocycles. The van der Waals surface area contributed by atoms with Crippen LogP contribution in [0.3, 0.4) is 0 Å². The number of rotatable bonds is 7. The predicted molar refractivity (Wildman–Crippen MR) is 68.5 cm³/mol. The summed E-state index contributed by atoms with van der Waals surface area (Å²) >= 11 is 0. The second-order valence-corrected chi connectivity index (χ2v) is 4.00. The van der Waals surface area contributed by atoms with Gasteiger partial charge in [0.2, 0.25) is 0 Å². The molecule has 1 atom stereocenters. The van der Waals surface area contributed by atoms with E-state index >= 15 is 0 Å². The molecule has 0 aliphatic heterocycles. The minimum atomic E-state index is -0.644. The van der Waals surface area contributed by atoms with Gasteiger partial charge in [0.1, 0.15) is 5.54 Å². The number of nitriles is 1. The van der Waals surface area contributed by atoms with Crippen molar-refractivity contribution >= 4 is 0 Å². The Hall–Kier alpha value is -1.37. The van der Waals surface area contributed by atoms with E-state index in [0.29, 0.717) is 13.0 Å². The molecule has 0 aliphatic rings. The number of ether oxygens (including phenoxy) is 1. The first-order chi connectivity index (χ1) is 8.29. The Labute approximate surface area is 103 Å². The summed E-state index contributed by atoms with van der Waals surface area (Å²) in [7, 11) is 1.82. The molecule has 1 rings (SSSR count). The quantitative estimate of drug-likeness (QED) is 0.734. The maximum Gasteiger partial charge on any atom is 0.134 e. The van der Waals surface area contributed by atoms with Crippen molar-refractivity contribution in [2.24, 2.45) is 0 Å². The van der Waals surface area contributed by atoms with E-state index in [1.165, 1.54) is 0 Å². The smallest absolute Gasteiger partial charge is 0.134 e. The Bertz CT molecular complexity index is 358. The summed E-state index contributed by atoms with van der Waals surface area (Å²) in [4.78, 5) is 0. The molecule has 1 N–H and O–H groups in total. The Morgan fingerprint density at radius 2 is 2.00 bits per heavy atom. The van der Waals surface area contributed by atoms with Crippen molar-refractivity contribution in [1.82, 2.24) is 5.32 Å². The zero-order valence-electron chi connectivity index (χ0n) is 10.6. The number of hydrogen-bond donors (Lipinski definition) is 1. The van der Waals surface area contributed by atoms with Crippen molar-refractivity contribution in [2.45, 2.75) is 25.3 Å². The lowest BCUT2D eigenvalue weighted by Crippen LogP contribution is -2.39. The molecule has 0 saturated heterocycles. The van der Waals surface area contributed by atoms with Gasteiger partial charge in [-0.15, -0.1) is 0 Å². The van der Waals surface area contributed by atoms with Crippen LogP contribution in [0.25, 0.3) is 0 Å². The number of hydrogen-bond acceptors (Lipinski definition) is 3. The lowest BCUT2D eigenvalue weighted by molar-refractivity contribution is 0.117. The molecular formula is C14H20N2O. The molecule has 0 bridgehead atoms. The van der Waals surface area contributed by atoms with Crippen molar-refractivity contribution in [3.63, 3.8) is 0 Å². The van der Waals surface area contributed by atoms with Gasteiger partial charge in [-0.05, 0) is 19.0 Å². The number of nitrogens with zero attached hydrogens (tertiary/aromatic N) is 1.